The molecule has 0 fully saturated rings. The van der Waals surface area contributed by atoms with Crippen molar-refractivity contribution in [3.05, 3.63) is 83.9 Å². The molecular formula is C19H15N. The van der Waals surface area contributed by atoms with Gasteiger partial charge in [0.1, 0.15) is 0 Å². The topological polar surface area (TPSA) is 12.0 Å². The smallest absolute Gasteiger partial charge is 0.0466 e. The van der Waals surface area contributed by atoms with Crippen molar-refractivity contribution in [2.24, 2.45) is 0 Å². The Balaban J connectivity index is 1.83. The molecule has 0 aromatic heterocycles. The number of para-hydroxylation sites is 1. The van der Waals surface area contributed by atoms with Gasteiger partial charge in [-0.1, -0.05) is 54.6 Å². The molecule has 0 aliphatic heterocycles. The quantitative estimate of drug-likeness (QED) is 0.532. The fourth-order valence-electron chi connectivity index (χ4n) is 2.97. The van der Waals surface area contributed by atoms with Gasteiger partial charge in [-0.05, 0) is 41.3 Å². The molecule has 0 unspecified atom stereocenters. The van der Waals surface area contributed by atoms with Crippen molar-refractivity contribution in [2.45, 2.75) is 6.42 Å². The molecular weight excluding hydrogens is 242 g/mol. The van der Waals surface area contributed by atoms with E-state index in [1.807, 2.05) is 6.07 Å². The summed E-state index contributed by atoms with van der Waals surface area (Å²) in [6.45, 7) is 0. The standard InChI is InChI=1S/C19H15N/c1-2-9-16(10-3-1)20-18-12-6-8-15-13-14-7-4-5-11-17(14)19(15)18/h1-12,20H,13H2. The van der Waals surface area contributed by atoms with Crippen LogP contribution in [0.3, 0.4) is 0 Å². The molecule has 1 heteroatoms. The number of hydrogen-bond acceptors (Lipinski definition) is 1. The van der Waals surface area contributed by atoms with Crippen LogP contribution in [-0.2, 0) is 6.42 Å². The number of fused-ring (bicyclic) bond motifs is 3. The molecule has 0 atom stereocenters. The highest BCUT2D eigenvalue weighted by molar-refractivity contribution is 5.88. The van der Waals surface area contributed by atoms with Crippen LogP contribution < -0.4 is 5.32 Å². The van der Waals surface area contributed by atoms with Gasteiger partial charge in [0, 0.05) is 16.9 Å². The summed E-state index contributed by atoms with van der Waals surface area (Å²) in [5.41, 5.74) is 7.87. The first kappa shape index (κ1) is 11.3. The predicted octanol–water partition coefficient (Wildman–Crippen LogP) is 5.00. The highest BCUT2D eigenvalue weighted by Crippen LogP contribution is 2.41. The molecule has 0 saturated heterocycles. The summed E-state index contributed by atoms with van der Waals surface area (Å²) >= 11 is 0. The van der Waals surface area contributed by atoms with Gasteiger partial charge in [-0.3, -0.25) is 0 Å². The van der Waals surface area contributed by atoms with E-state index in [0.717, 1.165) is 12.1 Å². The van der Waals surface area contributed by atoms with E-state index in [4.69, 9.17) is 0 Å². The van der Waals surface area contributed by atoms with E-state index in [-0.39, 0.29) is 0 Å². The van der Waals surface area contributed by atoms with E-state index in [1.54, 1.807) is 0 Å². The van der Waals surface area contributed by atoms with Crippen LogP contribution in [0.15, 0.2) is 72.8 Å². The minimum absolute atomic E-state index is 1.04. The van der Waals surface area contributed by atoms with Crippen LogP contribution in [0.4, 0.5) is 11.4 Å². The summed E-state index contributed by atoms with van der Waals surface area (Å²) in [5.74, 6) is 0. The van der Waals surface area contributed by atoms with E-state index in [9.17, 15) is 0 Å². The zero-order chi connectivity index (χ0) is 13.4. The molecule has 20 heavy (non-hydrogen) atoms. The van der Waals surface area contributed by atoms with Gasteiger partial charge in [0.25, 0.3) is 0 Å². The molecule has 0 spiro atoms. The van der Waals surface area contributed by atoms with E-state index in [2.05, 4.69) is 72.0 Å². The predicted molar refractivity (Wildman–Crippen MR) is 84.4 cm³/mol. The molecule has 1 nitrogen and oxygen atoms in total. The first-order chi connectivity index (χ1) is 9.92. The van der Waals surface area contributed by atoms with Gasteiger partial charge in [-0.15, -0.1) is 0 Å². The third kappa shape index (κ3) is 1.79. The second-order valence-electron chi connectivity index (χ2n) is 5.16. The molecule has 1 aliphatic rings. The van der Waals surface area contributed by atoms with Gasteiger partial charge in [-0.2, -0.15) is 0 Å². The van der Waals surface area contributed by atoms with Crippen molar-refractivity contribution in [3.8, 4) is 11.1 Å². The number of benzene rings is 3. The summed E-state index contributed by atoms with van der Waals surface area (Å²) in [7, 11) is 0. The van der Waals surface area contributed by atoms with E-state index < -0.39 is 0 Å². The largest absolute Gasteiger partial charge is 0.355 e. The van der Waals surface area contributed by atoms with Crippen molar-refractivity contribution in [3.63, 3.8) is 0 Å². The third-order valence-electron chi connectivity index (χ3n) is 3.87. The van der Waals surface area contributed by atoms with Crippen LogP contribution in [0.1, 0.15) is 11.1 Å². The maximum absolute atomic E-state index is 3.55. The Morgan fingerprint density at radius 1 is 0.650 bits per heavy atom. The maximum atomic E-state index is 3.55. The Labute approximate surface area is 118 Å². The highest BCUT2D eigenvalue weighted by Gasteiger charge is 2.20. The summed E-state index contributed by atoms with van der Waals surface area (Å²) in [5, 5.41) is 3.55. The molecule has 1 aliphatic carbocycles. The molecule has 0 heterocycles. The molecule has 0 bridgehead atoms. The molecule has 4 rings (SSSR count). The van der Waals surface area contributed by atoms with Crippen molar-refractivity contribution in [2.75, 3.05) is 5.32 Å². The zero-order valence-corrected chi connectivity index (χ0v) is 11.1. The number of rotatable bonds is 2. The summed E-state index contributed by atoms with van der Waals surface area (Å²) < 4.78 is 0. The first-order valence-electron chi connectivity index (χ1n) is 6.94. The monoisotopic (exact) mass is 257 g/mol. The van der Waals surface area contributed by atoms with Gasteiger partial charge in [-0.25, -0.2) is 0 Å². The third-order valence-corrected chi connectivity index (χ3v) is 3.87. The molecule has 0 saturated carbocycles. The number of anilines is 2. The van der Waals surface area contributed by atoms with Crippen LogP contribution in [0.5, 0.6) is 0 Å². The van der Waals surface area contributed by atoms with Crippen molar-refractivity contribution in [1.82, 2.24) is 0 Å². The Hall–Kier alpha value is -2.54. The molecule has 1 N–H and O–H groups in total. The SMILES string of the molecule is c1ccc(Nc2cccc3c2-c2ccccc2C3)cc1. The van der Waals surface area contributed by atoms with Crippen LogP contribution in [-0.4, -0.2) is 0 Å². The average molecular weight is 257 g/mol. The maximum Gasteiger partial charge on any atom is 0.0466 e. The highest BCUT2D eigenvalue weighted by atomic mass is 14.9. The van der Waals surface area contributed by atoms with E-state index in [0.29, 0.717) is 0 Å². The lowest BCUT2D eigenvalue weighted by Gasteiger charge is -2.12. The molecule has 0 radical (unpaired) electrons. The lowest BCUT2D eigenvalue weighted by Crippen LogP contribution is -1.93. The number of nitrogens with one attached hydrogen (secondary N) is 1. The molecule has 3 aromatic carbocycles. The summed E-state index contributed by atoms with van der Waals surface area (Å²) in [4.78, 5) is 0. The Bertz CT molecular complexity index is 760. The molecule has 3 aromatic rings. The fourth-order valence-corrected chi connectivity index (χ4v) is 2.97. The fraction of sp³-hybridized carbons (Fsp3) is 0.0526. The Morgan fingerprint density at radius 3 is 2.30 bits per heavy atom. The summed E-state index contributed by atoms with van der Waals surface area (Å²) in [6.07, 6.45) is 1.04. The zero-order valence-electron chi connectivity index (χ0n) is 11.1. The lowest BCUT2D eigenvalue weighted by molar-refractivity contribution is 1.26. The van der Waals surface area contributed by atoms with Crippen LogP contribution in [0, 0.1) is 0 Å². The van der Waals surface area contributed by atoms with Gasteiger partial charge >= 0.3 is 0 Å². The van der Waals surface area contributed by atoms with Crippen molar-refractivity contribution in [1.29, 1.82) is 0 Å². The van der Waals surface area contributed by atoms with Gasteiger partial charge in [0.2, 0.25) is 0 Å². The first-order valence-corrected chi connectivity index (χ1v) is 6.94. The second-order valence-corrected chi connectivity index (χ2v) is 5.16. The van der Waals surface area contributed by atoms with E-state index >= 15 is 0 Å². The van der Waals surface area contributed by atoms with Crippen LogP contribution in [0.25, 0.3) is 11.1 Å². The summed E-state index contributed by atoms with van der Waals surface area (Å²) in [6, 6.07) is 25.5. The van der Waals surface area contributed by atoms with Crippen LogP contribution >= 0.6 is 0 Å². The molecule has 0 amide bonds. The normalized spacial score (nSPS) is 11.8. The minimum atomic E-state index is 1.04. The lowest BCUT2D eigenvalue weighted by atomic mass is 10.0. The van der Waals surface area contributed by atoms with E-state index in [1.165, 1.54) is 27.9 Å². The average Bonchev–Trinajstić information content (AvgIpc) is 2.88. The second kappa shape index (κ2) is 4.53. The Kier molecular flexibility index (Phi) is 2.56. The van der Waals surface area contributed by atoms with Gasteiger partial charge < -0.3 is 5.32 Å². The number of hydrogen-bond donors (Lipinski definition) is 1. The van der Waals surface area contributed by atoms with Crippen molar-refractivity contribution < 1.29 is 0 Å². The minimum Gasteiger partial charge on any atom is -0.355 e. The molecule has 96 valence electrons. The van der Waals surface area contributed by atoms with Gasteiger partial charge in [0.05, 0.1) is 0 Å². The van der Waals surface area contributed by atoms with Crippen LogP contribution in [0.2, 0.25) is 0 Å². The Morgan fingerprint density at radius 2 is 1.40 bits per heavy atom. The van der Waals surface area contributed by atoms with Crippen molar-refractivity contribution >= 4 is 11.4 Å². The van der Waals surface area contributed by atoms with Gasteiger partial charge in [0.15, 0.2) is 0 Å².